The third-order valence-corrected chi connectivity index (χ3v) is 4.55. The SMILES string of the molecule is CCCCC/C=C\C/C=C\CCCCCCCC(=O)O.CCCCCCC. The maximum absolute atomic E-state index is 10.3. The van der Waals surface area contributed by atoms with Crippen LogP contribution in [0.25, 0.3) is 0 Å². The van der Waals surface area contributed by atoms with Crippen LogP contribution in [0.2, 0.25) is 0 Å². The molecule has 0 atom stereocenters. The van der Waals surface area contributed by atoms with Crippen molar-refractivity contribution in [1.29, 1.82) is 0 Å². The predicted molar refractivity (Wildman–Crippen MR) is 121 cm³/mol. The molecule has 2 heteroatoms. The van der Waals surface area contributed by atoms with Gasteiger partial charge in [0.15, 0.2) is 0 Å². The summed E-state index contributed by atoms with van der Waals surface area (Å²) in [7, 11) is 0. The second-order valence-corrected chi connectivity index (χ2v) is 7.44. The van der Waals surface area contributed by atoms with Crippen molar-refractivity contribution in [3.8, 4) is 0 Å². The van der Waals surface area contributed by atoms with Crippen LogP contribution in [-0.2, 0) is 4.79 Å². The first-order valence-corrected chi connectivity index (χ1v) is 11.7. The van der Waals surface area contributed by atoms with Gasteiger partial charge in [-0.15, -0.1) is 0 Å². The van der Waals surface area contributed by atoms with E-state index in [1.165, 1.54) is 77.0 Å². The van der Waals surface area contributed by atoms with E-state index in [-0.39, 0.29) is 0 Å². The average molecular weight is 381 g/mol. The van der Waals surface area contributed by atoms with Crippen LogP contribution >= 0.6 is 0 Å². The minimum Gasteiger partial charge on any atom is -0.481 e. The molecule has 160 valence electrons. The maximum Gasteiger partial charge on any atom is 0.303 e. The molecule has 0 unspecified atom stereocenters. The molecule has 0 aromatic heterocycles. The first-order valence-electron chi connectivity index (χ1n) is 11.7. The van der Waals surface area contributed by atoms with Gasteiger partial charge in [0.1, 0.15) is 0 Å². The van der Waals surface area contributed by atoms with E-state index >= 15 is 0 Å². The van der Waals surface area contributed by atoms with Gasteiger partial charge in [-0.3, -0.25) is 4.79 Å². The summed E-state index contributed by atoms with van der Waals surface area (Å²) in [5, 5.41) is 8.50. The second-order valence-electron chi connectivity index (χ2n) is 7.44. The van der Waals surface area contributed by atoms with E-state index in [4.69, 9.17) is 5.11 Å². The van der Waals surface area contributed by atoms with E-state index in [2.05, 4.69) is 45.1 Å². The molecule has 0 saturated heterocycles. The lowest BCUT2D eigenvalue weighted by molar-refractivity contribution is -0.137. The van der Waals surface area contributed by atoms with Crippen LogP contribution in [-0.4, -0.2) is 11.1 Å². The van der Waals surface area contributed by atoms with Crippen LogP contribution in [0.3, 0.4) is 0 Å². The first-order chi connectivity index (χ1) is 13.2. The molecule has 2 nitrogen and oxygen atoms in total. The minimum absolute atomic E-state index is 0.324. The molecule has 0 aliphatic rings. The van der Waals surface area contributed by atoms with Gasteiger partial charge >= 0.3 is 5.97 Å². The Morgan fingerprint density at radius 3 is 1.52 bits per heavy atom. The van der Waals surface area contributed by atoms with Crippen molar-refractivity contribution in [2.45, 2.75) is 130 Å². The van der Waals surface area contributed by atoms with Gasteiger partial charge in [0, 0.05) is 6.42 Å². The molecule has 0 rings (SSSR count). The van der Waals surface area contributed by atoms with E-state index in [9.17, 15) is 4.79 Å². The summed E-state index contributed by atoms with van der Waals surface area (Å²) in [6, 6.07) is 0. The molecular weight excluding hydrogens is 332 g/mol. The van der Waals surface area contributed by atoms with Gasteiger partial charge in [0.2, 0.25) is 0 Å². The topological polar surface area (TPSA) is 37.3 Å². The number of carboxylic acids is 1. The number of hydrogen-bond donors (Lipinski definition) is 1. The number of hydrogen-bond acceptors (Lipinski definition) is 1. The van der Waals surface area contributed by atoms with Gasteiger partial charge in [-0.25, -0.2) is 0 Å². The Kier molecular flexibility index (Phi) is 28.3. The zero-order chi connectivity index (χ0) is 20.4. The van der Waals surface area contributed by atoms with Gasteiger partial charge in [0.05, 0.1) is 0 Å². The Morgan fingerprint density at radius 1 is 0.593 bits per heavy atom. The Morgan fingerprint density at radius 2 is 1.00 bits per heavy atom. The number of allylic oxidation sites excluding steroid dienone is 4. The smallest absolute Gasteiger partial charge is 0.303 e. The quantitative estimate of drug-likeness (QED) is 0.190. The zero-order valence-electron chi connectivity index (χ0n) is 18.7. The Bertz CT molecular complexity index is 327. The van der Waals surface area contributed by atoms with E-state index in [1.807, 2.05) is 0 Å². The van der Waals surface area contributed by atoms with Crippen LogP contribution in [0, 0.1) is 0 Å². The summed E-state index contributed by atoms with van der Waals surface area (Å²) >= 11 is 0. The summed E-state index contributed by atoms with van der Waals surface area (Å²) < 4.78 is 0. The van der Waals surface area contributed by atoms with Crippen molar-refractivity contribution < 1.29 is 9.90 Å². The minimum atomic E-state index is -0.671. The summed E-state index contributed by atoms with van der Waals surface area (Å²) in [5.41, 5.74) is 0. The molecule has 0 fully saturated rings. The van der Waals surface area contributed by atoms with Gasteiger partial charge in [0.25, 0.3) is 0 Å². The highest BCUT2D eigenvalue weighted by Gasteiger charge is 1.95. The fraction of sp³-hybridized carbons (Fsp3) is 0.800. The van der Waals surface area contributed by atoms with Crippen molar-refractivity contribution in [3.05, 3.63) is 24.3 Å². The highest BCUT2D eigenvalue weighted by atomic mass is 16.4. The Balaban J connectivity index is 0. The number of aliphatic carboxylic acids is 1. The molecule has 0 saturated carbocycles. The number of carbonyl (C=O) groups is 1. The first kappa shape index (κ1) is 28.2. The summed E-state index contributed by atoms with van der Waals surface area (Å²) in [6.07, 6.45) is 29.3. The molecule has 0 bridgehead atoms. The van der Waals surface area contributed by atoms with Gasteiger partial charge in [-0.05, 0) is 38.5 Å². The Hall–Kier alpha value is -1.05. The summed E-state index contributed by atoms with van der Waals surface area (Å²) in [5.74, 6) is -0.671. The molecule has 0 aromatic carbocycles. The summed E-state index contributed by atoms with van der Waals surface area (Å²) in [6.45, 7) is 6.73. The number of rotatable bonds is 18. The molecule has 0 aliphatic heterocycles. The fourth-order valence-electron chi connectivity index (χ4n) is 2.76. The fourth-order valence-corrected chi connectivity index (χ4v) is 2.76. The third-order valence-electron chi connectivity index (χ3n) is 4.55. The molecule has 1 N–H and O–H groups in total. The molecule has 0 radical (unpaired) electrons. The van der Waals surface area contributed by atoms with Crippen molar-refractivity contribution in [2.24, 2.45) is 0 Å². The lowest BCUT2D eigenvalue weighted by Gasteiger charge is -1.98. The van der Waals surface area contributed by atoms with Crippen molar-refractivity contribution in [1.82, 2.24) is 0 Å². The van der Waals surface area contributed by atoms with Crippen molar-refractivity contribution >= 4 is 5.97 Å². The van der Waals surface area contributed by atoms with Crippen molar-refractivity contribution in [3.63, 3.8) is 0 Å². The standard InChI is InChI=1S/C18H32O2.C7H16/c1-2-3-4-5-6-7-8-9-10-11-12-13-14-15-16-17-18(19)20;1-3-5-7-6-4-2/h6-7,9-10H,2-5,8,11-17H2,1H3,(H,19,20);3-7H2,1-2H3/b7-6-,10-9-;. The second kappa shape index (κ2) is 27.2. The van der Waals surface area contributed by atoms with Crippen LogP contribution < -0.4 is 0 Å². The zero-order valence-corrected chi connectivity index (χ0v) is 18.7. The monoisotopic (exact) mass is 380 g/mol. The normalized spacial score (nSPS) is 11.1. The molecule has 0 aliphatic carbocycles. The van der Waals surface area contributed by atoms with Gasteiger partial charge in [-0.1, -0.05) is 109 Å². The maximum atomic E-state index is 10.3. The van der Waals surface area contributed by atoms with E-state index < -0.39 is 5.97 Å². The highest BCUT2D eigenvalue weighted by molar-refractivity contribution is 5.66. The largest absolute Gasteiger partial charge is 0.481 e. The van der Waals surface area contributed by atoms with Gasteiger partial charge in [-0.2, -0.15) is 0 Å². The van der Waals surface area contributed by atoms with E-state index in [1.54, 1.807) is 0 Å². The van der Waals surface area contributed by atoms with E-state index in [0.29, 0.717) is 6.42 Å². The Labute approximate surface area is 170 Å². The third kappa shape index (κ3) is 33.0. The van der Waals surface area contributed by atoms with Crippen LogP contribution in [0.4, 0.5) is 0 Å². The van der Waals surface area contributed by atoms with Crippen LogP contribution in [0.15, 0.2) is 24.3 Å². The number of unbranched alkanes of at least 4 members (excludes halogenated alkanes) is 12. The average Bonchev–Trinajstić information content (AvgIpc) is 2.65. The molecule has 0 aromatic rings. The molecule has 0 spiro atoms. The molecule has 0 heterocycles. The molecule has 0 amide bonds. The van der Waals surface area contributed by atoms with Crippen LogP contribution in [0.5, 0.6) is 0 Å². The van der Waals surface area contributed by atoms with Crippen LogP contribution in [0.1, 0.15) is 130 Å². The molecule has 27 heavy (non-hydrogen) atoms. The molecular formula is C25H48O2. The summed E-state index contributed by atoms with van der Waals surface area (Å²) in [4.78, 5) is 10.3. The van der Waals surface area contributed by atoms with Gasteiger partial charge < -0.3 is 5.11 Å². The van der Waals surface area contributed by atoms with Crippen molar-refractivity contribution in [2.75, 3.05) is 0 Å². The highest BCUT2D eigenvalue weighted by Crippen LogP contribution is 2.08. The number of carboxylic acid groups (broad SMARTS) is 1. The lowest BCUT2D eigenvalue weighted by atomic mass is 10.1. The lowest BCUT2D eigenvalue weighted by Crippen LogP contribution is -1.93. The van der Waals surface area contributed by atoms with E-state index in [0.717, 1.165) is 25.7 Å². The predicted octanol–water partition coefficient (Wildman–Crippen LogP) is 8.86.